The van der Waals surface area contributed by atoms with Crippen LogP contribution in [-0.2, 0) is 27.4 Å². The summed E-state index contributed by atoms with van der Waals surface area (Å²) in [5.74, 6) is -0.320. The summed E-state index contributed by atoms with van der Waals surface area (Å²) in [5, 5.41) is 5.14. The summed E-state index contributed by atoms with van der Waals surface area (Å²) in [6, 6.07) is 0. The average molecular weight is 315 g/mol. The number of hydrogen-bond donors (Lipinski definition) is 0. The number of rotatable bonds is 4. The molecule has 0 aromatic carbocycles. The van der Waals surface area contributed by atoms with Crippen LogP contribution in [-0.4, -0.2) is 34.9 Å². The van der Waals surface area contributed by atoms with E-state index >= 15 is 0 Å². The van der Waals surface area contributed by atoms with Gasteiger partial charge in [0.25, 0.3) is 0 Å². The van der Waals surface area contributed by atoms with E-state index in [-0.39, 0.29) is 11.9 Å². The molecule has 5 nitrogen and oxygen atoms in total. The zero-order valence-electron chi connectivity index (χ0n) is 12.7. The molecule has 2 fully saturated rings. The molecule has 1 spiro atoms. The van der Waals surface area contributed by atoms with Crippen molar-refractivity contribution >= 4 is 11.6 Å². The Labute approximate surface area is 130 Å². The second-order valence-corrected chi connectivity index (χ2v) is 6.16. The number of halogens is 1. The van der Waals surface area contributed by atoms with E-state index in [1.165, 1.54) is 0 Å². The zero-order valence-corrected chi connectivity index (χ0v) is 13.5. The fraction of sp³-hybridized carbons (Fsp3) is 0.800. The molecule has 6 heteroatoms. The topological polar surface area (TPSA) is 45.5 Å². The van der Waals surface area contributed by atoms with Crippen molar-refractivity contribution in [1.82, 2.24) is 9.78 Å². The molecule has 1 aromatic rings. The van der Waals surface area contributed by atoms with Gasteiger partial charge in [0.2, 0.25) is 0 Å². The number of nitrogens with zero attached hydrogens (tertiary/aromatic N) is 2. The first-order chi connectivity index (χ1) is 10.1. The molecule has 0 atom stereocenters. The van der Waals surface area contributed by atoms with Gasteiger partial charge in [0.1, 0.15) is 0 Å². The van der Waals surface area contributed by atoms with Gasteiger partial charge in [-0.05, 0) is 26.7 Å². The number of ether oxygens (including phenoxy) is 3. The molecule has 1 aliphatic heterocycles. The molecule has 2 aliphatic rings. The summed E-state index contributed by atoms with van der Waals surface area (Å²) >= 11 is 6.31. The van der Waals surface area contributed by atoms with E-state index in [2.05, 4.69) is 12.0 Å². The summed E-state index contributed by atoms with van der Waals surface area (Å²) in [5.41, 5.74) is 1.85. The van der Waals surface area contributed by atoms with Crippen LogP contribution in [0.15, 0.2) is 0 Å². The molecule has 0 unspecified atom stereocenters. The van der Waals surface area contributed by atoms with Gasteiger partial charge in [-0.15, -0.1) is 0 Å². The Hall–Kier alpha value is -0.620. The minimum atomic E-state index is -0.320. The van der Waals surface area contributed by atoms with Crippen LogP contribution in [0.3, 0.4) is 0 Å². The summed E-state index contributed by atoms with van der Waals surface area (Å²) in [4.78, 5) is 0. The van der Waals surface area contributed by atoms with Crippen LogP contribution in [0.5, 0.6) is 0 Å². The largest absolute Gasteiger partial charge is 0.372 e. The van der Waals surface area contributed by atoms with Crippen LogP contribution in [0.4, 0.5) is 0 Å². The summed E-state index contributed by atoms with van der Waals surface area (Å²) < 4.78 is 19.5. The second kappa shape index (κ2) is 6.24. The van der Waals surface area contributed by atoms with Crippen LogP contribution in [0, 0.1) is 6.92 Å². The molecule has 3 rings (SSSR count). The van der Waals surface area contributed by atoms with Crippen molar-refractivity contribution in [1.29, 1.82) is 0 Å². The average Bonchev–Trinajstić information content (AvgIpc) is 3.06. The number of hydrogen-bond acceptors (Lipinski definition) is 4. The van der Waals surface area contributed by atoms with Crippen LogP contribution in [0.25, 0.3) is 0 Å². The van der Waals surface area contributed by atoms with Crippen LogP contribution >= 0.6 is 11.6 Å². The molecule has 0 bridgehead atoms. The third-order valence-electron chi connectivity index (χ3n) is 4.42. The van der Waals surface area contributed by atoms with Crippen molar-refractivity contribution in [2.75, 3.05) is 13.2 Å². The third kappa shape index (κ3) is 3.11. The SMILES string of the molecule is CCn1nc(C)c(Cl)c1COC1CCC2(CC1)OCCO2. The fourth-order valence-corrected chi connectivity index (χ4v) is 3.38. The Morgan fingerprint density at radius 3 is 2.62 bits per heavy atom. The lowest BCUT2D eigenvalue weighted by Gasteiger charge is -2.35. The van der Waals surface area contributed by atoms with E-state index in [0.29, 0.717) is 6.61 Å². The standard InChI is InChI=1S/C15H23ClN2O3/c1-3-18-13(14(16)11(2)17-18)10-19-12-4-6-15(7-5-12)20-8-9-21-15/h12H,3-10H2,1-2H3. The molecular weight excluding hydrogens is 292 g/mol. The van der Waals surface area contributed by atoms with Gasteiger partial charge in [0, 0.05) is 19.4 Å². The van der Waals surface area contributed by atoms with Gasteiger partial charge in [0.05, 0.1) is 42.3 Å². The number of aryl methyl sites for hydroxylation is 2. The Kier molecular flexibility index (Phi) is 4.54. The highest BCUT2D eigenvalue weighted by molar-refractivity contribution is 6.31. The van der Waals surface area contributed by atoms with E-state index < -0.39 is 0 Å². The minimum absolute atomic E-state index is 0.250. The first kappa shape index (κ1) is 15.3. The monoisotopic (exact) mass is 314 g/mol. The van der Waals surface area contributed by atoms with Crippen LogP contribution < -0.4 is 0 Å². The second-order valence-electron chi connectivity index (χ2n) is 5.78. The molecule has 0 amide bonds. The minimum Gasteiger partial charge on any atom is -0.372 e. The molecule has 0 N–H and O–H groups in total. The molecule has 1 saturated heterocycles. The molecule has 1 aliphatic carbocycles. The van der Waals surface area contributed by atoms with Crippen LogP contribution in [0.1, 0.15) is 44.0 Å². The highest BCUT2D eigenvalue weighted by Gasteiger charge is 2.40. The van der Waals surface area contributed by atoms with Crippen LogP contribution in [0.2, 0.25) is 5.02 Å². The third-order valence-corrected chi connectivity index (χ3v) is 4.91. The van der Waals surface area contributed by atoms with Crippen molar-refractivity contribution in [3.8, 4) is 0 Å². The van der Waals surface area contributed by atoms with Crippen molar-refractivity contribution in [3.63, 3.8) is 0 Å². The van der Waals surface area contributed by atoms with E-state index in [1.807, 2.05) is 11.6 Å². The normalized spacial score (nSPS) is 22.2. The van der Waals surface area contributed by atoms with Crippen molar-refractivity contribution < 1.29 is 14.2 Å². The molecule has 0 radical (unpaired) electrons. The summed E-state index contributed by atoms with van der Waals surface area (Å²) in [6.07, 6.45) is 4.02. The molecular formula is C15H23ClN2O3. The maximum atomic E-state index is 6.31. The molecule has 1 aromatic heterocycles. The summed E-state index contributed by atoms with van der Waals surface area (Å²) in [7, 11) is 0. The molecule has 2 heterocycles. The van der Waals surface area contributed by atoms with Gasteiger partial charge in [-0.1, -0.05) is 11.6 Å². The zero-order chi connectivity index (χ0) is 14.9. The lowest BCUT2D eigenvalue weighted by molar-refractivity contribution is -0.192. The first-order valence-electron chi connectivity index (χ1n) is 7.75. The van der Waals surface area contributed by atoms with Crippen molar-refractivity contribution in [2.24, 2.45) is 0 Å². The quantitative estimate of drug-likeness (QED) is 0.857. The highest BCUT2D eigenvalue weighted by Crippen LogP contribution is 2.37. The first-order valence-corrected chi connectivity index (χ1v) is 8.12. The smallest absolute Gasteiger partial charge is 0.168 e. The van der Waals surface area contributed by atoms with Crippen molar-refractivity contribution in [2.45, 2.75) is 64.6 Å². The van der Waals surface area contributed by atoms with E-state index in [0.717, 1.165) is 61.9 Å². The van der Waals surface area contributed by atoms with E-state index in [9.17, 15) is 0 Å². The van der Waals surface area contributed by atoms with E-state index in [1.54, 1.807) is 0 Å². The van der Waals surface area contributed by atoms with Gasteiger partial charge in [-0.3, -0.25) is 4.68 Å². The molecule has 1 saturated carbocycles. The maximum absolute atomic E-state index is 6.31. The Morgan fingerprint density at radius 1 is 1.33 bits per heavy atom. The van der Waals surface area contributed by atoms with E-state index in [4.69, 9.17) is 25.8 Å². The lowest BCUT2D eigenvalue weighted by atomic mass is 9.92. The predicted molar refractivity (Wildman–Crippen MR) is 79.3 cm³/mol. The Bertz CT molecular complexity index is 487. The summed E-state index contributed by atoms with van der Waals surface area (Å²) in [6.45, 7) is 6.75. The van der Waals surface area contributed by atoms with Gasteiger partial charge in [0.15, 0.2) is 5.79 Å². The van der Waals surface area contributed by atoms with Gasteiger partial charge in [-0.2, -0.15) is 5.10 Å². The Morgan fingerprint density at radius 2 is 2.00 bits per heavy atom. The molecule has 118 valence electrons. The fourth-order valence-electron chi connectivity index (χ4n) is 3.19. The van der Waals surface area contributed by atoms with Crippen molar-refractivity contribution in [3.05, 3.63) is 16.4 Å². The predicted octanol–water partition coefficient (Wildman–Crippen LogP) is 3.07. The lowest BCUT2D eigenvalue weighted by Crippen LogP contribution is -2.37. The maximum Gasteiger partial charge on any atom is 0.168 e. The Balaban J connectivity index is 1.54. The van der Waals surface area contributed by atoms with Gasteiger partial charge >= 0.3 is 0 Å². The highest BCUT2D eigenvalue weighted by atomic mass is 35.5. The van der Waals surface area contributed by atoms with Gasteiger partial charge in [-0.25, -0.2) is 0 Å². The molecule has 21 heavy (non-hydrogen) atoms. The number of aromatic nitrogens is 2. The van der Waals surface area contributed by atoms with Gasteiger partial charge < -0.3 is 14.2 Å².